The zero-order valence-corrected chi connectivity index (χ0v) is 13.2. The van der Waals surface area contributed by atoms with Crippen molar-refractivity contribution in [2.75, 3.05) is 0 Å². The third kappa shape index (κ3) is 4.61. The molecule has 6 nitrogen and oxygen atoms in total. The molecular formula is C17H22N4O2. The van der Waals surface area contributed by atoms with Gasteiger partial charge in [0, 0.05) is 36.8 Å². The molecule has 0 aliphatic heterocycles. The summed E-state index contributed by atoms with van der Waals surface area (Å²) in [6.45, 7) is 0. The largest absolute Gasteiger partial charge is 0.353 e. The van der Waals surface area contributed by atoms with Crippen LogP contribution in [0.4, 0.5) is 0 Å². The predicted molar refractivity (Wildman–Crippen MR) is 85.5 cm³/mol. The number of aromatic nitrogens is 3. The number of aryl methyl sites for hydroxylation is 1. The van der Waals surface area contributed by atoms with Gasteiger partial charge >= 0.3 is 0 Å². The van der Waals surface area contributed by atoms with Gasteiger partial charge in [0.2, 0.25) is 17.6 Å². The molecule has 0 spiro atoms. The highest BCUT2D eigenvalue weighted by molar-refractivity contribution is 5.76. The van der Waals surface area contributed by atoms with Crippen LogP contribution in [0.3, 0.4) is 0 Å². The summed E-state index contributed by atoms with van der Waals surface area (Å²) in [5, 5.41) is 7.09. The number of carbonyl (C=O) groups excluding carboxylic acids is 1. The fourth-order valence-electron chi connectivity index (χ4n) is 2.92. The molecule has 1 saturated carbocycles. The lowest BCUT2D eigenvalue weighted by atomic mass is 9.95. The topological polar surface area (TPSA) is 80.9 Å². The maximum absolute atomic E-state index is 11.9. The van der Waals surface area contributed by atoms with Gasteiger partial charge in [0.15, 0.2) is 0 Å². The quantitative estimate of drug-likeness (QED) is 0.886. The number of nitrogens with zero attached hydrogens (tertiary/aromatic N) is 3. The Hall–Kier alpha value is -2.24. The van der Waals surface area contributed by atoms with Crippen molar-refractivity contribution in [3.8, 4) is 11.4 Å². The molecule has 3 rings (SSSR count). The van der Waals surface area contributed by atoms with Crippen molar-refractivity contribution in [1.29, 1.82) is 0 Å². The van der Waals surface area contributed by atoms with Crippen LogP contribution in [0.1, 0.15) is 50.8 Å². The Labute approximate surface area is 135 Å². The van der Waals surface area contributed by atoms with E-state index >= 15 is 0 Å². The number of nitrogens with one attached hydrogen (secondary N) is 1. The molecule has 1 aliphatic rings. The maximum atomic E-state index is 11.9. The molecule has 0 atom stereocenters. The fraction of sp³-hybridized carbons (Fsp3) is 0.529. The molecule has 2 aromatic rings. The van der Waals surface area contributed by atoms with Crippen LogP contribution in [0.15, 0.2) is 29.0 Å². The molecule has 122 valence electrons. The van der Waals surface area contributed by atoms with E-state index in [9.17, 15) is 4.79 Å². The van der Waals surface area contributed by atoms with Gasteiger partial charge in [-0.2, -0.15) is 4.98 Å². The monoisotopic (exact) mass is 314 g/mol. The van der Waals surface area contributed by atoms with Crippen LogP contribution in [0, 0.1) is 0 Å². The van der Waals surface area contributed by atoms with Crippen LogP contribution in [0.5, 0.6) is 0 Å². The first-order valence-corrected chi connectivity index (χ1v) is 8.33. The van der Waals surface area contributed by atoms with Gasteiger partial charge in [0.25, 0.3) is 0 Å². The minimum absolute atomic E-state index is 0.130. The number of amides is 1. The molecule has 1 fully saturated rings. The van der Waals surface area contributed by atoms with E-state index in [1.54, 1.807) is 12.4 Å². The number of rotatable bonds is 6. The molecule has 6 heteroatoms. The molecule has 0 unspecified atom stereocenters. The first-order valence-electron chi connectivity index (χ1n) is 8.33. The van der Waals surface area contributed by atoms with Crippen molar-refractivity contribution >= 4 is 5.91 Å². The Kier molecular flexibility index (Phi) is 5.34. The summed E-state index contributed by atoms with van der Waals surface area (Å²) in [5.41, 5.74) is 0.880. The highest BCUT2D eigenvalue weighted by Gasteiger charge is 2.15. The van der Waals surface area contributed by atoms with E-state index in [2.05, 4.69) is 20.4 Å². The molecule has 0 radical (unpaired) electrons. The van der Waals surface area contributed by atoms with Crippen molar-refractivity contribution in [2.24, 2.45) is 0 Å². The van der Waals surface area contributed by atoms with Crippen LogP contribution in [0.2, 0.25) is 0 Å². The Balaban J connectivity index is 1.42. The second kappa shape index (κ2) is 7.85. The standard InChI is InChI=1S/C17H22N4O2/c22-15(19-14-5-2-1-3-6-14)7-4-8-16-20-17(21-23-16)13-9-11-18-12-10-13/h9-12,14H,1-8H2,(H,19,22). The van der Waals surface area contributed by atoms with Crippen molar-refractivity contribution in [2.45, 2.75) is 57.4 Å². The summed E-state index contributed by atoms with van der Waals surface area (Å²) < 4.78 is 5.24. The van der Waals surface area contributed by atoms with E-state index in [1.807, 2.05) is 12.1 Å². The molecule has 23 heavy (non-hydrogen) atoms. The average Bonchev–Trinajstić information content (AvgIpc) is 3.05. The summed E-state index contributed by atoms with van der Waals surface area (Å²) in [6, 6.07) is 4.05. The van der Waals surface area contributed by atoms with Crippen molar-refractivity contribution in [3.63, 3.8) is 0 Å². The van der Waals surface area contributed by atoms with Gasteiger partial charge in [-0.05, 0) is 31.4 Å². The van der Waals surface area contributed by atoms with E-state index in [-0.39, 0.29) is 5.91 Å². The molecule has 0 aromatic carbocycles. The van der Waals surface area contributed by atoms with E-state index < -0.39 is 0 Å². The highest BCUT2D eigenvalue weighted by atomic mass is 16.5. The lowest BCUT2D eigenvalue weighted by Gasteiger charge is -2.22. The van der Waals surface area contributed by atoms with Gasteiger partial charge in [0.05, 0.1) is 0 Å². The molecule has 2 aromatic heterocycles. The van der Waals surface area contributed by atoms with E-state index in [4.69, 9.17) is 4.52 Å². The second-order valence-electron chi connectivity index (χ2n) is 6.00. The van der Waals surface area contributed by atoms with Crippen molar-refractivity contribution in [1.82, 2.24) is 20.4 Å². The van der Waals surface area contributed by atoms with Gasteiger partial charge in [-0.1, -0.05) is 24.4 Å². The molecular weight excluding hydrogens is 292 g/mol. The van der Waals surface area contributed by atoms with Gasteiger partial charge in [-0.15, -0.1) is 0 Å². The van der Waals surface area contributed by atoms with Crippen LogP contribution < -0.4 is 5.32 Å². The second-order valence-corrected chi connectivity index (χ2v) is 6.00. The molecule has 1 aliphatic carbocycles. The van der Waals surface area contributed by atoms with Gasteiger partial charge in [0.1, 0.15) is 0 Å². The van der Waals surface area contributed by atoms with Gasteiger partial charge < -0.3 is 9.84 Å². The van der Waals surface area contributed by atoms with E-state index in [0.717, 1.165) is 24.8 Å². The van der Waals surface area contributed by atoms with Crippen LogP contribution >= 0.6 is 0 Å². The molecule has 2 heterocycles. The summed E-state index contributed by atoms with van der Waals surface area (Å²) in [6.07, 6.45) is 11.2. The number of pyridine rings is 1. The van der Waals surface area contributed by atoms with E-state index in [0.29, 0.717) is 30.6 Å². The molecule has 1 amide bonds. The smallest absolute Gasteiger partial charge is 0.226 e. The van der Waals surface area contributed by atoms with Gasteiger partial charge in [-0.3, -0.25) is 9.78 Å². The van der Waals surface area contributed by atoms with Gasteiger partial charge in [-0.25, -0.2) is 0 Å². The normalized spacial score (nSPS) is 15.5. The summed E-state index contributed by atoms with van der Waals surface area (Å²) in [7, 11) is 0. The fourth-order valence-corrected chi connectivity index (χ4v) is 2.92. The summed E-state index contributed by atoms with van der Waals surface area (Å²) >= 11 is 0. The van der Waals surface area contributed by atoms with Crippen LogP contribution in [0.25, 0.3) is 11.4 Å². The predicted octanol–water partition coefficient (Wildman–Crippen LogP) is 2.90. The first-order chi connectivity index (χ1) is 11.3. The molecule has 1 N–H and O–H groups in total. The summed E-state index contributed by atoms with van der Waals surface area (Å²) in [5.74, 6) is 1.27. The Morgan fingerprint density at radius 1 is 1.22 bits per heavy atom. The van der Waals surface area contributed by atoms with Crippen LogP contribution in [-0.2, 0) is 11.2 Å². The zero-order valence-electron chi connectivity index (χ0n) is 13.2. The third-order valence-electron chi connectivity index (χ3n) is 4.17. The first kappa shape index (κ1) is 15.6. The maximum Gasteiger partial charge on any atom is 0.226 e. The van der Waals surface area contributed by atoms with E-state index in [1.165, 1.54) is 19.3 Å². The SMILES string of the molecule is O=C(CCCc1nc(-c2ccncc2)no1)NC1CCCCC1. The van der Waals surface area contributed by atoms with Crippen LogP contribution in [-0.4, -0.2) is 27.1 Å². The minimum Gasteiger partial charge on any atom is -0.353 e. The average molecular weight is 314 g/mol. The number of hydrogen-bond donors (Lipinski definition) is 1. The lowest BCUT2D eigenvalue weighted by Crippen LogP contribution is -2.36. The van der Waals surface area contributed by atoms with Crippen molar-refractivity contribution < 1.29 is 9.32 Å². The lowest BCUT2D eigenvalue weighted by molar-refractivity contribution is -0.122. The molecule has 0 saturated heterocycles. The Morgan fingerprint density at radius 2 is 2.00 bits per heavy atom. The zero-order chi connectivity index (χ0) is 15.9. The highest BCUT2D eigenvalue weighted by Crippen LogP contribution is 2.18. The third-order valence-corrected chi connectivity index (χ3v) is 4.17. The number of carbonyl (C=O) groups is 1. The Morgan fingerprint density at radius 3 is 2.78 bits per heavy atom. The Bertz CT molecular complexity index is 621. The molecule has 0 bridgehead atoms. The summed E-state index contributed by atoms with van der Waals surface area (Å²) in [4.78, 5) is 20.3. The number of hydrogen-bond acceptors (Lipinski definition) is 5. The minimum atomic E-state index is 0.130. The van der Waals surface area contributed by atoms with Crippen molar-refractivity contribution in [3.05, 3.63) is 30.4 Å².